The van der Waals surface area contributed by atoms with Gasteiger partial charge in [-0.15, -0.1) is 11.3 Å². The molecule has 2 heterocycles. The first-order valence-corrected chi connectivity index (χ1v) is 8.75. The molecule has 0 radical (unpaired) electrons. The van der Waals surface area contributed by atoms with Crippen molar-refractivity contribution in [2.75, 3.05) is 5.32 Å². The molecule has 0 aliphatic carbocycles. The lowest BCUT2D eigenvalue weighted by molar-refractivity contribution is 0.101. The first-order valence-electron chi connectivity index (χ1n) is 7.93. The van der Waals surface area contributed by atoms with E-state index in [4.69, 9.17) is 0 Å². The zero-order valence-electron chi connectivity index (χ0n) is 13.7. The first-order chi connectivity index (χ1) is 11.1. The van der Waals surface area contributed by atoms with Crippen LogP contribution >= 0.6 is 11.3 Å². The van der Waals surface area contributed by atoms with E-state index in [1.54, 1.807) is 6.20 Å². The molecule has 1 aromatic carbocycles. The minimum Gasteiger partial charge on any atom is -0.336 e. The predicted octanol–water partition coefficient (Wildman–Crippen LogP) is 4.77. The third kappa shape index (κ3) is 3.01. The number of unbranched alkanes of at least 4 members (excludes halogenated alkanes) is 1. The molecule has 1 amide bonds. The summed E-state index contributed by atoms with van der Waals surface area (Å²) in [6.45, 7) is 7.02. The van der Waals surface area contributed by atoms with Gasteiger partial charge in [0.15, 0.2) is 5.13 Å². The summed E-state index contributed by atoms with van der Waals surface area (Å²) in [6, 6.07) is 8.21. The maximum absolute atomic E-state index is 12.8. The maximum atomic E-state index is 12.8. The summed E-state index contributed by atoms with van der Waals surface area (Å²) in [5, 5.41) is 4.74. The van der Waals surface area contributed by atoms with Gasteiger partial charge in [-0.1, -0.05) is 31.5 Å². The summed E-state index contributed by atoms with van der Waals surface area (Å²) in [7, 11) is 0. The summed E-state index contributed by atoms with van der Waals surface area (Å²) in [5.74, 6) is -0.0795. The molecule has 120 valence electrons. The molecule has 23 heavy (non-hydrogen) atoms. The Morgan fingerprint density at radius 2 is 2.09 bits per heavy atom. The van der Waals surface area contributed by atoms with Crippen molar-refractivity contribution in [1.82, 2.24) is 9.55 Å². The minimum atomic E-state index is -0.0795. The molecule has 0 aliphatic rings. The first kappa shape index (κ1) is 15.7. The number of para-hydroxylation sites is 1. The molecule has 3 rings (SSSR count). The van der Waals surface area contributed by atoms with Crippen molar-refractivity contribution in [2.24, 2.45) is 0 Å². The second kappa shape index (κ2) is 6.54. The van der Waals surface area contributed by atoms with Crippen LogP contribution in [0.4, 0.5) is 5.13 Å². The number of hydrogen-bond donors (Lipinski definition) is 1. The van der Waals surface area contributed by atoms with Crippen molar-refractivity contribution in [3.8, 4) is 0 Å². The fraction of sp³-hybridized carbons (Fsp3) is 0.333. The summed E-state index contributed by atoms with van der Waals surface area (Å²) in [4.78, 5) is 18.2. The number of rotatable bonds is 5. The van der Waals surface area contributed by atoms with Crippen LogP contribution in [0, 0.1) is 13.8 Å². The average Bonchev–Trinajstić information content (AvgIpc) is 3.07. The van der Waals surface area contributed by atoms with Gasteiger partial charge in [0, 0.05) is 28.5 Å². The molecule has 1 N–H and O–H groups in total. The van der Waals surface area contributed by atoms with Gasteiger partial charge >= 0.3 is 0 Å². The summed E-state index contributed by atoms with van der Waals surface area (Å²) >= 11 is 1.49. The SMILES string of the molecule is CCCCn1c(C(=O)Nc2ncc(C)s2)c(C)c2ccccc21. The second-order valence-corrected chi connectivity index (χ2v) is 6.96. The van der Waals surface area contributed by atoms with Crippen LogP contribution in [0.5, 0.6) is 0 Å². The van der Waals surface area contributed by atoms with Crippen LogP contribution in [0.25, 0.3) is 10.9 Å². The van der Waals surface area contributed by atoms with Crippen molar-refractivity contribution >= 4 is 33.3 Å². The number of nitrogens with zero attached hydrogens (tertiary/aromatic N) is 2. The number of aromatic nitrogens is 2. The number of nitrogens with one attached hydrogen (secondary N) is 1. The molecular formula is C18H21N3OS. The third-order valence-electron chi connectivity index (χ3n) is 4.02. The maximum Gasteiger partial charge on any atom is 0.274 e. The van der Waals surface area contributed by atoms with E-state index in [0.29, 0.717) is 5.13 Å². The number of amides is 1. The number of carbonyl (C=O) groups is 1. The van der Waals surface area contributed by atoms with Crippen molar-refractivity contribution < 1.29 is 4.79 Å². The topological polar surface area (TPSA) is 46.9 Å². The highest BCUT2D eigenvalue weighted by atomic mass is 32.1. The number of anilines is 1. The third-order valence-corrected chi connectivity index (χ3v) is 4.84. The lowest BCUT2D eigenvalue weighted by Gasteiger charge is -2.10. The largest absolute Gasteiger partial charge is 0.336 e. The Morgan fingerprint density at radius 1 is 1.30 bits per heavy atom. The summed E-state index contributed by atoms with van der Waals surface area (Å²) in [6.07, 6.45) is 3.92. The molecule has 0 aliphatic heterocycles. The van der Waals surface area contributed by atoms with Gasteiger partial charge in [0.25, 0.3) is 5.91 Å². The van der Waals surface area contributed by atoms with E-state index >= 15 is 0 Å². The van der Waals surface area contributed by atoms with Gasteiger partial charge in [0.2, 0.25) is 0 Å². The molecule has 0 atom stereocenters. The van der Waals surface area contributed by atoms with Crippen LogP contribution in [0.15, 0.2) is 30.5 Å². The highest BCUT2D eigenvalue weighted by Gasteiger charge is 2.20. The Hall–Kier alpha value is -2.14. The number of carbonyl (C=O) groups excluding carboxylic acids is 1. The molecular weight excluding hydrogens is 306 g/mol. The van der Waals surface area contributed by atoms with E-state index < -0.39 is 0 Å². The van der Waals surface area contributed by atoms with Crippen LogP contribution in [0.2, 0.25) is 0 Å². The molecule has 4 nitrogen and oxygen atoms in total. The van der Waals surface area contributed by atoms with E-state index in [1.165, 1.54) is 11.3 Å². The Morgan fingerprint density at radius 3 is 2.78 bits per heavy atom. The number of fused-ring (bicyclic) bond motifs is 1. The van der Waals surface area contributed by atoms with E-state index in [1.807, 2.05) is 26.0 Å². The van der Waals surface area contributed by atoms with Crippen LogP contribution < -0.4 is 5.32 Å². The van der Waals surface area contributed by atoms with Crippen LogP contribution in [-0.2, 0) is 6.54 Å². The van der Waals surface area contributed by atoms with Crippen LogP contribution in [-0.4, -0.2) is 15.5 Å². The van der Waals surface area contributed by atoms with E-state index in [0.717, 1.165) is 46.4 Å². The molecule has 0 bridgehead atoms. The van der Waals surface area contributed by atoms with Gasteiger partial charge in [-0.25, -0.2) is 4.98 Å². The highest BCUT2D eigenvalue weighted by molar-refractivity contribution is 7.15. The minimum absolute atomic E-state index is 0.0795. The monoisotopic (exact) mass is 327 g/mol. The molecule has 2 aromatic heterocycles. The number of benzene rings is 1. The fourth-order valence-electron chi connectivity index (χ4n) is 2.89. The van der Waals surface area contributed by atoms with E-state index in [2.05, 4.69) is 33.9 Å². The Kier molecular flexibility index (Phi) is 4.48. The van der Waals surface area contributed by atoms with Gasteiger partial charge in [0.1, 0.15) is 5.69 Å². The standard InChI is InChI=1S/C18H21N3OS/c1-4-5-10-21-15-9-7-6-8-14(15)13(3)16(21)17(22)20-18-19-11-12(2)23-18/h6-9,11H,4-5,10H2,1-3H3,(H,19,20,22). The quantitative estimate of drug-likeness (QED) is 0.734. The molecule has 0 saturated carbocycles. The van der Waals surface area contributed by atoms with Crippen molar-refractivity contribution in [1.29, 1.82) is 0 Å². The lowest BCUT2D eigenvalue weighted by Crippen LogP contribution is -2.18. The molecule has 5 heteroatoms. The zero-order chi connectivity index (χ0) is 16.4. The lowest BCUT2D eigenvalue weighted by atomic mass is 10.1. The van der Waals surface area contributed by atoms with Crippen LogP contribution in [0.3, 0.4) is 0 Å². The number of hydrogen-bond acceptors (Lipinski definition) is 3. The summed E-state index contributed by atoms with van der Waals surface area (Å²) in [5.41, 5.74) is 2.90. The van der Waals surface area contributed by atoms with Crippen molar-refractivity contribution in [3.63, 3.8) is 0 Å². The zero-order valence-corrected chi connectivity index (χ0v) is 14.5. The average molecular weight is 327 g/mol. The van der Waals surface area contributed by atoms with Crippen molar-refractivity contribution in [2.45, 2.75) is 40.2 Å². The van der Waals surface area contributed by atoms with Gasteiger partial charge in [-0.2, -0.15) is 0 Å². The molecule has 0 fully saturated rings. The predicted molar refractivity (Wildman–Crippen MR) is 96.4 cm³/mol. The van der Waals surface area contributed by atoms with Crippen molar-refractivity contribution in [3.05, 3.63) is 46.6 Å². The van der Waals surface area contributed by atoms with Crippen LogP contribution in [0.1, 0.15) is 40.7 Å². The smallest absolute Gasteiger partial charge is 0.274 e. The number of aryl methyl sites for hydroxylation is 3. The normalized spacial score (nSPS) is 11.1. The van der Waals surface area contributed by atoms with Gasteiger partial charge < -0.3 is 4.57 Å². The van der Waals surface area contributed by atoms with Gasteiger partial charge in [0.05, 0.1) is 0 Å². The Labute approximate surface area is 140 Å². The highest BCUT2D eigenvalue weighted by Crippen LogP contribution is 2.27. The Bertz CT molecular complexity index is 847. The fourth-order valence-corrected chi connectivity index (χ4v) is 3.55. The van der Waals surface area contributed by atoms with E-state index in [-0.39, 0.29) is 5.91 Å². The molecule has 0 saturated heterocycles. The summed E-state index contributed by atoms with van der Waals surface area (Å²) < 4.78 is 2.14. The van der Waals surface area contributed by atoms with Gasteiger partial charge in [-0.3, -0.25) is 10.1 Å². The molecule has 3 aromatic rings. The number of thiazole rings is 1. The molecule has 0 unspecified atom stereocenters. The molecule has 0 spiro atoms. The Balaban J connectivity index is 2.04. The van der Waals surface area contributed by atoms with Gasteiger partial charge in [-0.05, 0) is 31.9 Å². The van der Waals surface area contributed by atoms with E-state index in [9.17, 15) is 4.79 Å². The second-order valence-electron chi connectivity index (χ2n) is 5.73.